The van der Waals surface area contributed by atoms with E-state index in [0.29, 0.717) is 25.3 Å². The van der Waals surface area contributed by atoms with Gasteiger partial charge in [-0.3, -0.25) is 10.1 Å². The number of methoxy groups -OCH3 is 1. The molecule has 0 spiro atoms. The fourth-order valence-electron chi connectivity index (χ4n) is 2.69. The predicted molar refractivity (Wildman–Crippen MR) is 91.6 cm³/mol. The molecule has 3 rings (SSSR count). The molecule has 24 heavy (non-hydrogen) atoms. The first-order valence-corrected chi connectivity index (χ1v) is 7.56. The van der Waals surface area contributed by atoms with Gasteiger partial charge in [0.05, 0.1) is 17.2 Å². The quantitative estimate of drug-likeness (QED) is 0.555. The van der Waals surface area contributed by atoms with Gasteiger partial charge in [-0.2, -0.15) is 0 Å². The van der Waals surface area contributed by atoms with Crippen LogP contribution in [-0.2, 0) is 17.8 Å². The number of fused-ring (bicyclic) bond motifs is 1. The van der Waals surface area contributed by atoms with Gasteiger partial charge in [-0.1, -0.05) is 24.3 Å². The van der Waals surface area contributed by atoms with Crippen LogP contribution >= 0.6 is 0 Å². The Morgan fingerprint density at radius 2 is 2.04 bits per heavy atom. The third-order valence-corrected chi connectivity index (χ3v) is 3.93. The predicted octanol–water partition coefficient (Wildman–Crippen LogP) is 2.72. The number of nitro groups is 1. The van der Waals surface area contributed by atoms with Crippen LogP contribution in [0.15, 0.2) is 42.6 Å². The molecule has 0 saturated carbocycles. The summed E-state index contributed by atoms with van der Waals surface area (Å²) in [5, 5.41) is 11.7. The lowest BCUT2D eigenvalue weighted by atomic mass is 10.1. The van der Waals surface area contributed by atoms with Crippen LogP contribution in [0, 0.1) is 10.1 Å². The number of aromatic nitrogens is 2. The van der Waals surface area contributed by atoms with Crippen LogP contribution < -0.4 is 5.73 Å². The molecule has 0 bridgehead atoms. The molecular weight excluding hydrogens is 308 g/mol. The van der Waals surface area contributed by atoms with Crippen molar-refractivity contribution in [2.45, 2.75) is 13.1 Å². The van der Waals surface area contributed by atoms with Gasteiger partial charge in [0.1, 0.15) is 11.8 Å². The molecule has 7 nitrogen and oxygen atoms in total. The van der Waals surface area contributed by atoms with Gasteiger partial charge in [0.2, 0.25) is 0 Å². The Morgan fingerprint density at radius 1 is 1.29 bits per heavy atom. The Labute approximate surface area is 138 Å². The van der Waals surface area contributed by atoms with Crippen molar-refractivity contribution in [2.75, 3.05) is 13.7 Å². The fourth-order valence-corrected chi connectivity index (χ4v) is 2.69. The number of ether oxygens (including phenoxy) is 1. The van der Waals surface area contributed by atoms with E-state index >= 15 is 0 Å². The summed E-state index contributed by atoms with van der Waals surface area (Å²) in [7, 11) is 1.64. The molecule has 1 aromatic carbocycles. The molecule has 0 aliphatic rings. The van der Waals surface area contributed by atoms with E-state index in [-0.39, 0.29) is 5.69 Å². The lowest BCUT2D eigenvalue weighted by Crippen LogP contribution is -2.06. The Bertz CT molecular complexity index is 871. The highest BCUT2D eigenvalue weighted by molar-refractivity contribution is 5.85. The number of hydrogen-bond acceptors (Lipinski definition) is 5. The Kier molecular flexibility index (Phi) is 4.54. The molecule has 7 heteroatoms. The Morgan fingerprint density at radius 3 is 2.67 bits per heavy atom. The monoisotopic (exact) mass is 326 g/mol. The van der Waals surface area contributed by atoms with Gasteiger partial charge in [0.25, 0.3) is 5.69 Å². The third kappa shape index (κ3) is 2.99. The molecule has 3 aromatic rings. The van der Waals surface area contributed by atoms with Crippen molar-refractivity contribution in [3.05, 3.63) is 58.3 Å². The van der Waals surface area contributed by atoms with Gasteiger partial charge in [-0.05, 0) is 17.2 Å². The van der Waals surface area contributed by atoms with Crippen molar-refractivity contribution in [1.82, 2.24) is 9.55 Å². The lowest BCUT2D eigenvalue weighted by Gasteiger charge is -2.10. The molecule has 0 unspecified atom stereocenters. The highest BCUT2D eigenvalue weighted by atomic mass is 16.6. The SMILES string of the molecule is COCCn1c(-c2ccc(CN)cc2)cc2cc([N+](=O)[O-])cnc21. The summed E-state index contributed by atoms with van der Waals surface area (Å²) >= 11 is 0. The van der Waals surface area contributed by atoms with E-state index in [0.717, 1.165) is 22.2 Å². The summed E-state index contributed by atoms with van der Waals surface area (Å²) in [6.07, 6.45) is 1.28. The minimum Gasteiger partial charge on any atom is -0.383 e. The molecule has 0 aliphatic heterocycles. The Balaban J connectivity index is 2.14. The average molecular weight is 326 g/mol. The molecular formula is C17H18N4O3. The molecule has 0 saturated heterocycles. The van der Waals surface area contributed by atoms with Crippen LogP contribution in [0.2, 0.25) is 0 Å². The molecule has 0 amide bonds. The van der Waals surface area contributed by atoms with Crippen LogP contribution in [0.3, 0.4) is 0 Å². The smallest absolute Gasteiger partial charge is 0.288 e. The first-order chi connectivity index (χ1) is 11.6. The van der Waals surface area contributed by atoms with Crippen LogP contribution in [0.4, 0.5) is 5.69 Å². The van der Waals surface area contributed by atoms with Gasteiger partial charge in [-0.25, -0.2) is 4.98 Å². The zero-order chi connectivity index (χ0) is 17.1. The highest BCUT2D eigenvalue weighted by Crippen LogP contribution is 2.29. The molecule has 2 heterocycles. The second kappa shape index (κ2) is 6.77. The summed E-state index contributed by atoms with van der Waals surface area (Å²) in [5.41, 5.74) is 9.33. The minimum atomic E-state index is -0.436. The first-order valence-electron chi connectivity index (χ1n) is 7.56. The van der Waals surface area contributed by atoms with E-state index in [1.807, 2.05) is 34.9 Å². The zero-order valence-corrected chi connectivity index (χ0v) is 13.3. The minimum absolute atomic E-state index is 0.0172. The number of hydrogen-bond donors (Lipinski definition) is 1. The van der Waals surface area contributed by atoms with Crippen molar-refractivity contribution in [2.24, 2.45) is 5.73 Å². The second-order valence-electron chi connectivity index (χ2n) is 5.44. The highest BCUT2D eigenvalue weighted by Gasteiger charge is 2.15. The van der Waals surface area contributed by atoms with Gasteiger partial charge < -0.3 is 15.0 Å². The third-order valence-electron chi connectivity index (χ3n) is 3.93. The normalized spacial score (nSPS) is 11.1. The molecule has 2 aromatic heterocycles. The summed E-state index contributed by atoms with van der Waals surface area (Å²) in [6, 6.07) is 11.4. The lowest BCUT2D eigenvalue weighted by molar-refractivity contribution is -0.385. The summed E-state index contributed by atoms with van der Waals surface area (Å²) in [4.78, 5) is 14.8. The molecule has 124 valence electrons. The maximum Gasteiger partial charge on any atom is 0.288 e. The number of nitrogens with zero attached hydrogens (tertiary/aromatic N) is 3. The fraction of sp³-hybridized carbons (Fsp3) is 0.235. The van der Waals surface area contributed by atoms with Crippen molar-refractivity contribution in [3.8, 4) is 11.3 Å². The second-order valence-corrected chi connectivity index (χ2v) is 5.44. The number of rotatable bonds is 6. The zero-order valence-electron chi connectivity index (χ0n) is 13.3. The molecule has 0 fully saturated rings. The largest absolute Gasteiger partial charge is 0.383 e. The van der Waals surface area contributed by atoms with Gasteiger partial charge in [0.15, 0.2) is 0 Å². The van der Waals surface area contributed by atoms with Crippen LogP contribution in [0.25, 0.3) is 22.3 Å². The van der Waals surface area contributed by atoms with E-state index in [9.17, 15) is 10.1 Å². The van der Waals surface area contributed by atoms with Crippen molar-refractivity contribution >= 4 is 16.7 Å². The van der Waals surface area contributed by atoms with E-state index < -0.39 is 4.92 Å². The summed E-state index contributed by atoms with van der Waals surface area (Å²) in [5.74, 6) is 0. The number of pyridine rings is 1. The van der Waals surface area contributed by atoms with Crippen molar-refractivity contribution in [3.63, 3.8) is 0 Å². The summed E-state index contributed by atoms with van der Waals surface area (Å²) in [6.45, 7) is 1.62. The van der Waals surface area contributed by atoms with Crippen LogP contribution in [-0.4, -0.2) is 28.2 Å². The molecule has 0 aliphatic carbocycles. The Hall–Kier alpha value is -2.77. The van der Waals surface area contributed by atoms with Crippen LogP contribution in [0.5, 0.6) is 0 Å². The van der Waals surface area contributed by atoms with E-state index in [2.05, 4.69) is 4.98 Å². The first kappa shape index (κ1) is 16.1. The van der Waals surface area contributed by atoms with Gasteiger partial charge in [0, 0.05) is 31.7 Å². The molecule has 0 atom stereocenters. The average Bonchev–Trinajstić information content (AvgIpc) is 2.97. The van der Waals surface area contributed by atoms with Gasteiger partial charge in [-0.15, -0.1) is 0 Å². The van der Waals surface area contributed by atoms with Gasteiger partial charge >= 0.3 is 0 Å². The van der Waals surface area contributed by atoms with E-state index in [1.54, 1.807) is 13.2 Å². The van der Waals surface area contributed by atoms with Crippen molar-refractivity contribution in [1.29, 1.82) is 0 Å². The standard InChI is InChI=1S/C17H18N4O3/c1-24-7-6-20-16(13-4-2-12(10-18)3-5-13)9-14-8-15(21(22)23)11-19-17(14)20/h2-5,8-9,11H,6-7,10,18H2,1H3. The number of benzene rings is 1. The molecule has 0 radical (unpaired) electrons. The summed E-state index contributed by atoms with van der Waals surface area (Å²) < 4.78 is 7.19. The van der Waals surface area contributed by atoms with Crippen molar-refractivity contribution < 1.29 is 9.66 Å². The number of nitrogens with two attached hydrogens (primary N) is 1. The maximum absolute atomic E-state index is 11.0. The molecule has 2 N–H and O–H groups in total. The topological polar surface area (TPSA) is 96.2 Å². The van der Waals surface area contributed by atoms with E-state index in [4.69, 9.17) is 10.5 Å². The van der Waals surface area contributed by atoms with Crippen LogP contribution in [0.1, 0.15) is 5.56 Å². The van der Waals surface area contributed by atoms with E-state index in [1.165, 1.54) is 6.20 Å². The maximum atomic E-state index is 11.0.